The van der Waals surface area contributed by atoms with Crippen LogP contribution in [0.4, 0.5) is 13.2 Å². The highest BCUT2D eigenvalue weighted by Gasteiger charge is 2.30. The maximum Gasteiger partial charge on any atom is 0.416 e. The highest BCUT2D eigenvalue weighted by molar-refractivity contribution is 6.20. The van der Waals surface area contributed by atoms with Crippen LogP contribution in [-0.2, 0) is 40.1 Å². The summed E-state index contributed by atoms with van der Waals surface area (Å²) < 4.78 is 44.3. The molecular formula is C30H24F3NO4. The third-order valence-corrected chi connectivity index (χ3v) is 5.79. The Morgan fingerprint density at radius 3 is 2.26 bits per heavy atom. The monoisotopic (exact) mass is 519 g/mol. The van der Waals surface area contributed by atoms with Gasteiger partial charge in [0.2, 0.25) is 6.29 Å². The summed E-state index contributed by atoms with van der Waals surface area (Å²) in [6.07, 6.45) is -0.770. The molecule has 0 aliphatic carbocycles. The highest BCUT2D eigenvalue weighted by atomic mass is 19.4. The van der Waals surface area contributed by atoms with Gasteiger partial charge < -0.3 is 9.25 Å². The number of hydrogen-bond acceptors (Lipinski definition) is 5. The number of hydrogen-bond donors (Lipinski definition) is 0. The average molecular weight is 520 g/mol. The number of halogens is 3. The average Bonchev–Trinajstić information content (AvgIpc) is 3.30. The van der Waals surface area contributed by atoms with Gasteiger partial charge in [0.15, 0.2) is 0 Å². The molecule has 0 amide bonds. The zero-order valence-electron chi connectivity index (χ0n) is 20.5. The predicted octanol–water partition coefficient (Wildman–Crippen LogP) is 6.46. The van der Waals surface area contributed by atoms with Gasteiger partial charge >= 0.3 is 12.1 Å². The molecule has 0 unspecified atom stereocenters. The van der Waals surface area contributed by atoms with E-state index in [2.05, 4.69) is 30.9 Å². The molecule has 4 rings (SSSR count). The van der Waals surface area contributed by atoms with Gasteiger partial charge in [-0.25, -0.2) is 4.79 Å². The van der Waals surface area contributed by atoms with Crippen molar-refractivity contribution >= 4 is 23.2 Å². The van der Waals surface area contributed by atoms with E-state index in [0.717, 1.165) is 41.5 Å². The Morgan fingerprint density at radius 2 is 1.61 bits per heavy atom. The van der Waals surface area contributed by atoms with Gasteiger partial charge in [0.05, 0.1) is 24.2 Å². The fourth-order valence-electron chi connectivity index (χ4n) is 3.93. The molecule has 0 saturated heterocycles. The van der Waals surface area contributed by atoms with Crippen LogP contribution in [0.3, 0.4) is 0 Å². The minimum absolute atomic E-state index is 0.0260. The number of aryl methyl sites for hydroxylation is 1. The number of carbonyl (C=O) groups excluding carboxylic acids is 2. The topological polar surface area (TPSA) is 59.8 Å². The molecular weight excluding hydrogens is 495 g/mol. The summed E-state index contributed by atoms with van der Waals surface area (Å²) in [7, 11) is 0. The summed E-state index contributed by atoms with van der Waals surface area (Å²) in [5.41, 5.74) is 3.84. The number of furan rings is 1. The molecule has 5 nitrogen and oxygen atoms in total. The number of nitrogens with zero attached hydrogens (tertiary/aromatic N) is 1. The van der Waals surface area contributed by atoms with Crippen LogP contribution in [0, 0.1) is 11.8 Å². The largest absolute Gasteiger partial charge is 0.463 e. The quantitative estimate of drug-likeness (QED) is 0.116. The predicted molar refractivity (Wildman–Crippen MR) is 135 cm³/mol. The molecule has 0 bridgehead atoms. The lowest BCUT2D eigenvalue weighted by Gasteiger charge is -2.20. The van der Waals surface area contributed by atoms with E-state index >= 15 is 0 Å². The smallest absolute Gasteiger partial charge is 0.416 e. The zero-order chi connectivity index (χ0) is 27.1. The number of aldehydes is 1. The van der Waals surface area contributed by atoms with Gasteiger partial charge in [-0.05, 0) is 59.5 Å². The molecule has 0 aliphatic heterocycles. The van der Waals surface area contributed by atoms with E-state index in [-0.39, 0.29) is 19.4 Å². The molecule has 38 heavy (non-hydrogen) atoms. The molecule has 194 valence electrons. The van der Waals surface area contributed by atoms with Crippen molar-refractivity contribution in [1.82, 2.24) is 5.06 Å². The molecule has 3 aromatic carbocycles. The molecule has 4 aromatic rings. The van der Waals surface area contributed by atoms with Gasteiger partial charge in [-0.2, -0.15) is 13.2 Å². The van der Waals surface area contributed by atoms with Crippen molar-refractivity contribution in [3.8, 4) is 11.8 Å². The minimum Gasteiger partial charge on any atom is -0.463 e. The molecule has 0 atom stereocenters. The Labute approximate surface area is 217 Å². The van der Waals surface area contributed by atoms with Crippen LogP contribution in [0.2, 0.25) is 0 Å². The van der Waals surface area contributed by atoms with Crippen LogP contribution in [0.1, 0.15) is 46.7 Å². The van der Waals surface area contributed by atoms with Crippen LogP contribution in [0.25, 0.3) is 11.0 Å². The Balaban J connectivity index is 1.54. The minimum atomic E-state index is -4.46. The van der Waals surface area contributed by atoms with Crippen molar-refractivity contribution in [3.63, 3.8) is 0 Å². The molecule has 0 N–H and O–H groups in total. The van der Waals surface area contributed by atoms with E-state index in [4.69, 9.17) is 9.25 Å². The molecule has 1 aromatic heterocycles. The van der Waals surface area contributed by atoms with E-state index in [1.54, 1.807) is 18.4 Å². The van der Waals surface area contributed by atoms with Crippen LogP contribution < -0.4 is 0 Å². The van der Waals surface area contributed by atoms with E-state index in [1.165, 1.54) is 22.8 Å². The number of hydroxylamine groups is 2. The van der Waals surface area contributed by atoms with Crippen molar-refractivity contribution in [2.45, 2.75) is 39.0 Å². The third kappa shape index (κ3) is 6.90. The lowest BCUT2D eigenvalue weighted by atomic mass is 10.1. The first-order chi connectivity index (χ1) is 18.2. The van der Waals surface area contributed by atoms with Gasteiger partial charge in [-0.15, -0.1) is 5.06 Å². The lowest BCUT2D eigenvalue weighted by molar-refractivity contribution is -0.195. The zero-order valence-corrected chi connectivity index (χ0v) is 20.5. The molecule has 1 heterocycles. The fourth-order valence-corrected chi connectivity index (χ4v) is 3.93. The number of alkyl halides is 3. The van der Waals surface area contributed by atoms with E-state index < -0.39 is 17.7 Å². The fraction of sp³-hybridized carbons (Fsp3) is 0.200. The second-order valence-electron chi connectivity index (χ2n) is 8.70. The third-order valence-electron chi connectivity index (χ3n) is 5.79. The van der Waals surface area contributed by atoms with Crippen molar-refractivity contribution in [1.29, 1.82) is 0 Å². The van der Waals surface area contributed by atoms with Gasteiger partial charge in [0, 0.05) is 10.9 Å². The summed E-state index contributed by atoms with van der Waals surface area (Å²) in [5.74, 6) is 5.16. The van der Waals surface area contributed by atoms with Gasteiger partial charge in [-0.3, -0.25) is 4.79 Å². The van der Waals surface area contributed by atoms with Crippen molar-refractivity contribution < 1.29 is 32.0 Å². The summed E-state index contributed by atoms with van der Waals surface area (Å²) in [6.45, 7) is 2.18. The van der Waals surface area contributed by atoms with Gasteiger partial charge in [0.25, 0.3) is 0 Å². The summed E-state index contributed by atoms with van der Waals surface area (Å²) in [4.78, 5) is 27.7. The second-order valence-corrected chi connectivity index (χ2v) is 8.70. The number of rotatable bonds is 8. The summed E-state index contributed by atoms with van der Waals surface area (Å²) >= 11 is 0. The van der Waals surface area contributed by atoms with Crippen LogP contribution in [0.5, 0.6) is 0 Å². The standard InChI is InChI=1S/C30H24F3NO4/c1-2-3-21-4-6-22(7-5-21)8-12-25-20-37-28-15-11-24(16-27(25)28)18-34(38-29(36)19-35)17-23-9-13-26(14-10-23)30(31,32)33/h4-7,9-11,13-16,19-20H,2-3,17-18H2,1H3. The first kappa shape index (κ1) is 26.7. The van der Waals surface area contributed by atoms with E-state index in [9.17, 15) is 22.8 Å². The van der Waals surface area contributed by atoms with Crippen LogP contribution in [-0.4, -0.2) is 17.3 Å². The first-order valence-corrected chi connectivity index (χ1v) is 11.9. The SMILES string of the molecule is CCCc1ccc(C#Cc2coc3ccc(CN(Cc4ccc(C(F)(F)F)cc4)OC(=O)C=O)cc23)cc1. The highest BCUT2D eigenvalue weighted by Crippen LogP contribution is 2.29. The number of fused-ring (bicyclic) bond motifs is 1. The Hall–Kier alpha value is -4.35. The molecule has 8 heteroatoms. The Bertz CT molecular complexity index is 1480. The van der Waals surface area contributed by atoms with Gasteiger partial charge in [0.1, 0.15) is 11.8 Å². The molecule has 0 aliphatic rings. The Kier molecular flexibility index (Phi) is 8.29. The van der Waals surface area contributed by atoms with E-state index in [1.807, 2.05) is 18.2 Å². The van der Waals surface area contributed by atoms with Crippen LogP contribution >= 0.6 is 0 Å². The normalized spacial score (nSPS) is 11.3. The molecule has 0 saturated carbocycles. The summed E-state index contributed by atoms with van der Waals surface area (Å²) in [6, 6.07) is 17.9. The van der Waals surface area contributed by atoms with E-state index in [0.29, 0.717) is 16.7 Å². The molecule has 0 radical (unpaired) electrons. The first-order valence-electron chi connectivity index (χ1n) is 11.9. The van der Waals surface area contributed by atoms with Crippen molar-refractivity contribution in [2.75, 3.05) is 0 Å². The second kappa shape index (κ2) is 11.8. The maximum absolute atomic E-state index is 12.9. The Morgan fingerprint density at radius 1 is 0.947 bits per heavy atom. The molecule has 0 fully saturated rings. The summed E-state index contributed by atoms with van der Waals surface area (Å²) in [5, 5.41) is 1.97. The van der Waals surface area contributed by atoms with Crippen molar-refractivity contribution in [3.05, 3.63) is 106 Å². The maximum atomic E-state index is 12.9. The van der Waals surface area contributed by atoms with Crippen LogP contribution in [0.15, 0.2) is 77.4 Å². The molecule has 0 spiro atoms. The van der Waals surface area contributed by atoms with Gasteiger partial charge in [-0.1, -0.05) is 55.5 Å². The lowest BCUT2D eigenvalue weighted by Crippen LogP contribution is -2.27. The van der Waals surface area contributed by atoms with Crippen molar-refractivity contribution in [2.24, 2.45) is 0 Å². The number of benzene rings is 3. The number of carbonyl (C=O) groups is 2.